The van der Waals surface area contributed by atoms with Crippen molar-refractivity contribution in [2.45, 2.75) is 45.2 Å². The first kappa shape index (κ1) is 33.1. The molecule has 0 aliphatic carbocycles. The lowest BCUT2D eigenvalue weighted by molar-refractivity contribution is -0.142. The standard InChI is InChI=1S/C36H36F3N3O6/c1-19-18-47-13-11-42(19)23-16-27(38)32(28(39)17-23)34(43)40-29(36(45)46-4)14-21-7-9-25(33-24(21)6-5-12-48-33)31-20(2)26-15-22(37)8-10-30(26)41(3)35(31)44/h7-10,15-17,19,29H,5-6,11-14,18H2,1-4H3,(H,40,43)/t19-,29-/m0/s1. The first-order chi connectivity index (χ1) is 23.0. The fourth-order valence-electron chi connectivity index (χ4n) is 6.75. The van der Waals surface area contributed by atoms with E-state index < -0.39 is 40.9 Å². The van der Waals surface area contributed by atoms with Gasteiger partial charge in [-0.1, -0.05) is 12.1 Å². The summed E-state index contributed by atoms with van der Waals surface area (Å²) in [5, 5.41) is 3.05. The number of halogens is 3. The van der Waals surface area contributed by atoms with Gasteiger partial charge in [-0.15, -0.1) is 0 Å². The number of methoxy groups -OCH3 is 1. The number of rotatable bonds is 7. The molecule has 1 N–H and O–H groups in total. The number of anilines is 1. The lowest BCUT2D eigenvalue weighted by atomic mass is 9.89. The average Bonchev–Trinajstić information content (AvgIpc) is 3.07. The summed E-state index contributed by atoms with van der Waals surface area (Å²) in [6.45, 7) is 5.27. The molecule has 1 fully saturated rings. The van der Waals surface area contributed by atoms with Gasteiger partial charge in [0, 0.05) is 42.7 Å². The SMILES string of the molecule is COC(=O)[C@H](Cc1ccc(-c2c(C)c3cc(F)ccc3n(C)c2=O)c2c1CCCO2)NC(=O)c1c(F)cc(N2CCOC[C@@H]2C)cc1F. The molecule has 2 aliphatic rings. The molecular formula is C36H36F3N3O6. The first-order valence-electron chi connectivity index (χ1n) is 15.8. The van der Waals surface area contributed by atoms with Crippen LogP contribution in [0.5, 0.6) is 5.75 Å². The van der Waals surface area contributed by atoms with Crippen LogP contribution in [-0.2, 0) is 34.2 Å². The zero-order valence-corrected chi connectivity index (χ0v) is 27.1. The number of esters is 1. The number of aromatic nitrogens is 1. The van der Waals surface area contributed by atoms with Crippen LogP contribution >= 0.6 is 0 Å². The molecule has 2 aliphatic heterocycles. The van der Waals surface area contributed by atoms with Crippen molar-refractivity contribution in [1.29, 1.82) is 0 Å². The quantitative estimate of drug-likeness (QED) is 0.278. The topological polar surface area (TPSA) is 99.1 Å². The molecule has 3 aromatic carbocycles. The van der Waals surface area contributed by atoms with E-state index in [0.29, 0.717) is 78.1 Å². The maximum atomic E-state index is 15.3. The number of carbonyl (C=O) groups excluding carboxylic acids is 2. The molecule has 0 unspecified atom stereocenters. The highest BCUT2D eigenvalue weighted by atomic mass is 19.1. The summed E-state index contributed by atoms with van der Waals surface area (Å²) in [5.41, 5.74) is 2.61. The van der Waals surface area contributed by atoms with Crippen molar-refractivity contribution in [3.63, 3.8) is 0 Å². The number of pyridine rings is 1. The van der Waals surface area contributed by atoms with Crippen LogP contribution < -0.4 is 20.5 Å². The second kappa shape index (κ2) is 13.3. The molecule has 4 aromatic rings. The van der Waals surface area contributed by atoms with Gasteiger partial charge in [-0.2, -0.15) is 0 Å². The second-order valence-corrected chi connectivity index (χ2v) is 12.2. The monoisotopic (exact) mass is 663 g/mol. The molecule has 0 radical (unpaired) electrons. The van der Waals surface area contributed by atoms with Crippen LogP contribution in [0.2, 0.25) is 0 Å². The number of fused-ring (bicyclic) bond motifs is 2. The Morgan fingerprint density at radius 2 is 1.83 bits per heavy atom. The Hall–Kier alpha value is -4.84. The highest BCUT2D eigenvalue weighted by molar-refractivity contribution is 5.98. The number of nitrogens with one attached hydrogen (secondary N) is 1. The third-order valence-electron chi connectivity index (χ3n) is 9.23. The molecule has 1 aromatic heterocycles. The summed E-state index contributed by atoms with van der Waals surface area (Å²) in [4.78, 5) is 41.7. The number of morpholine rings is 1. The zero-order valence-electron chi connectivity index (χ0n) is 27.1. The van der Waals surface area contributed by atoms with E-state index in [1.54, 1.807) is 37.1 Å². The van der Waals surface area contributed by atoms with Gasteiger partial charge in [-0.05, 0) is 73.7 Å². The average molecular weight is 664 g/mol. The number of hydrogen-bond donors (Lipinski definition) is 1. The van der Waals surface area contributed by atoms with E-state index in [-0.39, 0.29) is 23.7 Å². The Balaban J connectivity index is 1.34. The van der Waals surface area contributed by atoms with Gasteiger partial charge in [0.2, 0.25) is 0 Å². The molecule has 1 amide bonds. The van der Waals surface area contributed by atoms with Crippen molar-refractivity contribution in [2.75, 3.05) is 38.4 Å². The molecule has 0 bridgehead atoms. The van der Waals surface area contributed by atoms with Crippen LogP contribution in [0.3, 0.4) is 0 Å². The fraction of sp³-hybridized carbons (Fsp3) is 0.361. The summed E-state index contributed by atoms with van der Waals surface area (Å²) in [5.74, 6) is -4.01. The van der Waals surface area contributed by atoms with Crippen molar-refractivity contribution >= 4 is 28.5 Å². The van der Waals surface area contributed by atoms with E-state index in [0.717, 1.165) is 24.8 Å². The first-order valence-corrected chi connectivity index (χ1v) is 15.8. The summed E-state index contributed by atoms with van der Waals surface area (Å²) in [7, 11) is 2.78. The van der Waals surface area contributed by atoms with Gasteiger partial charge in [0.1, 0.15) is 34.8 Å². The minimum atomic E-state index is -1.30. The van der Waals surface area contributed by atoms with Crippen LogP contribution in [0, 0.1) is 24.4 Å². The highest BCUT2D eigenvalue weighted by Crippen LogP contribution is 2.40. The lowest BCUT2D eigenvalue weighted by Crippen LogP contribution is -2.44. The van der Waals surface area contributed by atoms with Crippen molar-refractivity contribution in [3.8, 4) is 16.9 Å². The minimum absolute atomic E-state index is 0.0725. The van der Waals surface area contributed by atoms with Gasteiger partial charge in [-0.25, -0.2) is 18.0 Å². The zero-order chi connectivity index (χ0) is 34.3. The van der Waals surface area contributed by atoms with E-state index >= 15 is 8.78 Å². The number of amides is 1. The maximum absolute atomic E-state index is 15.3. The van der Waals surface area contributed by atoms with E-state index in [4.69, 9.17) is 14.2 Å². The molecule has 0 spiro atoms. The van der Waals surface area contributed by atoms with Crippen molar-refractivity contribution in [2.24, 2.45) is 7.05 Å². The third kappa shape index (κ3) is 6.00. The van der Waals surface area contributed by atoms with Gasteiger partial charge in [0.05, 0.1) is 38.0 Å². The molecule has 0 saturated carbocycles. The van der Waals surface area contributed by atoms with Crippen molar-refractivity contribution < 1.29 is 37.0 Å². The number of nitrogens with zero attached hydrogens (tertiary/aromatic N) is 2. The number of hydrogen-bond acceptors (Lipinski definition) is 7. The minimum Gasteiger partial charge on any atom is -0.493 e. The van der Waals surface area contributed by atoms with Gasteiger partial charge in [0.25, 0.3) is 11.5 Å². The predicted octanol–water partition coefficient (Wildman–Crippen LogP) is 5.00. The molecule has 12 heteroatoms. The molecular weight excluding hydrogens is 627 g/mol. The van der Waals surface area contributed by atoms with Crippen LogP contribution in [0.1, 0.15) is 40.4 Å². The summed E-state index contributed by atoms with van der Waals surface area (Å²) in [6, 6.07) is 8.50. The molecule has 48 heavy (non-hydrogen) atoms. The van der Waals surface area contributed by atoms with E-state index in [1.807, 2.05) is 6.92 Å². The highest BCUT2D eigenvalue weighted by Gasteiger charge is 2.31. The Labute approximate surface area is 275 Å². The van der Waals surface area contributed by atoms with Crippen LogP contribution in [0.4, 0.5) is 18.9 Å². The van der Waals surface area contributed by atoms with Crippen molar-refractivity contribution in [3.05, 3.63) is 92.5 Å². The van der Waals surface area contributed by atoms with Crippen molar-refractivity contribution in [1.82, 2.24) is 9.88 Å². The van der Waals surface area contributed by atoms with Crippen LogP contribution in [-0.4, -0.2) is 62.0 Å². The van der Waals surface area contributed by atoms with Crippen LogP contribution in [0.15, 0.2) is 47.3 Å². The fourth-order valence-corrected chi connectivity index (χ4v) is 6.75. The van der Waals surface area contributed by atoms with E-state index in [2.05, 4.69) is 5.32 Å². The Morgan fingerprint density at radius 1 is 1.08 bits per heavy atom. The van der Waals surface area contributed by atoms with Gasteiger partial charge >= 0.3 is 5.97 Å². The van der Waals surface area contributed by atoms with Gasteiger partial charge in [-0.3, -0.25) is 9.59 Å². The summed E-state index contributed by atoms with van der Waals surface area (Å²) >= 11 is 0. The smallest absolute Gasteiger partial charge is 0.328 e. The molecule has 9 nitrogen and oxygen atoms in total. The lowest BCUT2D eigenvalue weighted by Gasteiger charge is -2.35. The Morgan fingerprint density at radius 3 is 2.54 bits per heavy atom. The molecule has 2 atom stereocenters. The number of benzene rings is 3. The second-order valence-electron chi connectivity index (χ2n) is 12.2. The number of ether oxygens (including phenoxy) is 3. The molecule has 3 heterocycles. The third-order valence-corrected chi connectivity index (χ3v) is 9.23. The Bertz CT molecular complexity index is 1970. The van der Waals surface area contributed by atoms with Gasteiger partial charge < -0.3 is 29.0 Å². The normalized spacial score (nSPS) is 16.6. The molecule has 252 valence electrons. The predicted molar refractivity (Wildman–Crippen MR) is 174 cm³/mol. The van der Waals surface area contributed by atoms with E-state index in [9.17, 15) is 18.8 Å². The molecule has 1 saturated heterocycles. The largest absolute Gasteiger partial charge is 0.493 e. The number of carbonyl (C=O) groups is 2. The van der Waals surface area contributed by atoms with Crippen LogP contribution in [0.25, 0.3) is 22.0 Å². The van der Waals surface area contributed by atoms with Gasteiger partial charge in [0.15, 0.2) is 0 Å². The molecule has 6 rings (SSSR count). The summed E-state index contributed by atoms with van der Waals surface area (Å²) < 4.78 is 62.8. The number of aryl methyl sites for hydroxylation is 2. The Kier molecular flexibility index (Phi) is 9.20. The maximum Gasteiger partial charge on any atom is 0.328 e. The van der Waals surface area contributed by atoms with E-state index in [1.165, 1.54) is 16.7 Å². The summed E-state index contributed by atoms with van der Waals surface area (Å²) in [6.07, 6.45) is 1.13.